The molecule has 25 heavy (non-hydrogen) atoms. The van der Waals surface area contributed by atoms with E-state index in [4.69, 9.17) is 14.1 Å². The van der Waals surface area contributed by atoms with Gasteiger partial charge in [0.15, 0.2) is 5.82 Å². The Morgan fingerprint density at radius 1 is 1.20 bits per heavy atom. The Morgan fingerprint density at radius 2 is 1.88 bits per heavy atom. The van der Waals surface area contributed by atoms with Crippen molar-refractivity contribution < 1.29 is 28.5 Å². The maximum Gasteiger partial charge on any atom is 0.358 e. The fraction of sp³-hybridized carbons (Fsp3) is 0.312. The number of aromatic nitrogens is 2. The molecule has 1 aliphatic carbocycles. The largest absolute Gasteiger partial charge is 0.360 e. The maximum atomic E-state index is 12.1. The van der Waals surface area contributed by atoms with Gasteiger partial charge in [0.05, 0.1) is 11.1 Å². The van der Waals surface area contributed by atoms with Crippen molar-refractivity contribution in [1.29, 1.82) is 0 Å². The van der Waals surface area contributed by atoms with Crippen molar-refractivity contribution in [3.63, 3.8) is 0 Å². The molecule has 9 nitrogen and oxygen atoms in total. The summed E-state index contributed by atoms with van der Waals surface area (Å²) in [6.45, 7) is -0.522. The number of hydroxylamine groups is 2. The Kier molecular flexibility index (Phi) is 3.77. The van der Waals surface area contributed by atoms with Crippen LogP contribution in [0.4, 0.5) is 0 Å². The smallest absolute Gasteiger partial charge is 0.358 e. The van der Waals surface area contributed by atoms with Crippen molar-refractivity contribution in [3.8, 4) is 0 Å². The molecule has 2 amide bonds. The number of carbonyl (C=O) groups excluding carboxylic acids is 3. The predicted molar refractivity (Wildman–Crippen MR) is 79.0 cm³/mol. The molecule has 0 radical (unpaired) electrons. The quantitative estimate of drug-likeness (QED) is 0.720. The van der Waals surface area contributed by atoms with Crippen LogP contribution in [-0.2, 0) is 21.0 Å². The second-order valence-electron chi connectivity index (χ2n) is 5.73. The van der Waals surface area contributed by atoms with Gasteiger partial charge in [-0.2, -0.15) is 4.98 Å². The van der Waals surface area contributed by atoms with Gasteiger partial charge in [-0.1, -0.05) is 22.4 Å². The van der Waals surface area contributed by atoms with Crippen LogP contribution in [0.2, 0.25) is 0 Å². The molecular weight excluding hydrogens is 330 g/mol. The molecule has 1 aliphatic heterocycles. The Bertz CT molecular complexity index is 822. The number of hydrogen-bond acceptors (Lipinski definition) is 8. The van der Waals surface area contributed by atoms with E-state index in [0.717, 1.165) is 12.8 Å². The third-order valence-electron chi connectivity index (χ3n) is 3.82. The van der Waals surface area contributed by atoms with E-state index in [1.165, 1.54) is 12.1 Å². The molecule has 0 bridgehead atoms. The van der Waals surface area contributed by atoms with Gasteiger partial charge in [-0.15, -0.1) is 0 Å². The molecule has 1 saturated carbocycles. The summed E-state index contributed by atoms with van der Waals surface area (Å²) in [5.74, 6) is -0.977. The van der Waals surface area contributed by atoms with Gasteiger partial charge in [0, 0.05) is 5.92 Å². The summed E-state index contributed by atoms with van der Waals surface area (Å²) >= 11 is 0. The number of amides is 2. The van der Waals surface area contributed by atoms with Gasteiger partial charge in [-0.3, -0.25) is 9.59 Å². The van der Waals surface area contributed by atoms with E-state index < -0.39 is 24.4 Å². The average molecular weight is 343 g/mol. The second kappa shape index (κ2) is 6.10. The lowest BCUT2D eigenvalue weighted by molar-refractivity contribution is -0.174. The fourth-order valence-corrected chi connectivity index (χ4v) is 2.43. The molecule has 128 valence electrons. The summed E-state index contributed by atoms with van der Waals surface area (Å²) in [5, 5.41) is 4.26. The van der Waals surface area contributed by atoms with Crippen LogP contribution < -0.4 is 0 Å². The zero-order chi connectivity index (χ0) is 17.4. The van der Waals surface area contributed by atoms with Crippen molar-refractivity contribution in [2.45, 2.75) is 25.4 Å². The number of hydrogen-bond donors (Lipinski definition) is 0. The van der Waals surface area contributed by atoms with E-state index in [2.05, 4.69) is 10.1 Å². The van der Waals surface area contributed by atoms with E-state index in [1.54, 1.807) is 12.1 Å². The third-order valence-corrected chi connectivity index (χ3v) is 3.82. The first-order valence-electron chi connectivity index (χ1n) is 7.72. The second-order valence-corrected chi connectivity index (χ2v) is 5.73. The highest BCUT2D eigenvalue weighted by molar-refractivity contribution is 6.20. The van der Waals surface area contributed by atoms with E-state index in [-0.39, 0.29) is 23.6 Å². The van der Waals surface area contributed by atoms with Crippen molar-refractivity contribution in [2.24, 2.45) is 0 Å². The Hall–Kier alpha value is -3.07. The van der Waals surface area contributed by atoms with Crippen molar-refractivity contribution in [2.75, 3.05) is 6.61 Å². The molecule has 2 aromatic rings. The SMILES string of the molecule is O=C(COCc1nc(C2CC2)no1)ON1C(=O)c2ccccc2C1=O. The van der Waals surface area contributed by atoms with Crippen LogP contribution >= 0.6 is 0 Å². The normalized spacial score (nSPS) is 16.2. The molecule has 2 aliphatic rings. The molecule has 0 saturated heterocycles. The van der Waals surface area contributed by atoms with Gasteiger partial charge in [0.2, 0.25) is 0 Å². The van der Waals surface area contributed by atoms with Crippen molar-refractivity contribution >= 4 is 17.8 Å². The number of carbonyl (C=O) groups is 3. The molecule has 1 aromatic carbocycles. The van der Waals surface area contributed by atoms with Crippen LogP contribution in [-0.4, -0.2) is 39.6 Å². The number of ether oxygens (including phenoxy) is 1. The van der Waals surface area contributed by atoms with E-state index in [0.29, 0.717) is 16.8 Å². The number of rotatable bonds is 6. The van der Waals surface area contributed by atoms with Crippen molar-refractivity contribution in [1.82, 2.24) is 15.2 Å². The monoisotopic (exact) mass is 343 g/mol. The molecule has 2 heterocycles. The number of nitrogens with zero attached hydrogens (tertiary/aromatic N) is 3. The summed E-state index contributed by atoms with van der Waals surface area (Å²) in [6.07, 6.45) is 2.10. The maximum absolute atomic E-state index is 12.1. The molecule has 9 heteroatoms. The zero-order valence-corrected chi connectivity index (χ0v) is 13.0. The predicted octanol–water partition coefficient (Wildman–Crippen LogP) is 1.22. The standard InChI is InChI=1S/C16H13N3O6/c20-13(8-23-7-12-17-14(18-24-12)9-5-6-9)25-19-15(21)10-3-1-2-4-11(10)16(19)22/h1-4,9H,5-8H2. The zero-order valence-electron chi connectivity index (χ0n) is 13.0. The number of fused-ring (bicyclic) bond motifs is 1. The first-order chi connectivity index (χ1) is 12.1. The Labute approximate surface area is 141 Å². The minimum Gasteiger partial charge on any atom is -0.360 e. The van der Waals surface area contributed by atoms with Crippen LogP contribution in [0.5, 0.6) is 0 Å². The van der Waals surface area contributed by atoms with E-state index >= 15 is 0 Å². The molecule has 4 rings (SSSR count). The highest BCUT2D eigenvalue weighted by Crippen LogP contribution is 2.38. The number of imide groups is 1. The topological polar surface area (TPSA) is 112 Å². The number of benzene rings is 1. The van der Waals surface area contributed by atoms with Crippen molar-refractivity contribution in [3.05, 3.63) is 47.1 Å². The molecular formula is C16H13N3O6. The minimum absolute atomic E-state index is 0.0586. The average Bonchev–Trinajstić information content (AvgIpc) is 3.32. The van der Waals surface area contributed by atoms with Gasteiger partial charge >= 0.3 is 5.97 Å². The third kappa shape index (κ3) is 3.01. The highest BCUT2D eigenvalue weighted by atomic mass is 16.7. The van der Waals surface area contributed by atoms with Crippen LogP contribution in [0.25, 0.3) is 0 Å². The molecule has 0 N–H and O–H groups in total. The summed E-state index contributed by atoms with van der Waals surface area (Å²) < 4.78 is 10.1. The molecule has 1 aromatic heterocycles. The van der Waals surface area contributed by atoms with Gasteiger partial charge in [0.25, 0.3) is 17.7 Å². The Morgan fingerprint density at radius 3 is 2.52 bits per heavy atom. The van der Waals surface area contributed by atoms with Gasteiger partial charge in [-0.25, -0.2) is 4.79 Å². The van der Waals surface area contributed by atoms with Crippen LogP contribution in [0, 0.1) is 0 Å². The van der Waals surface area contributed by atoms with E-state index in [9.17, 15) is 14.4 Å². The van der Waals surface area contributed by atoms with Crippen LogP contribution in [0.15, 0.2) is 28.8 Å². The molecule has 0 unspecified atom stereocenters. The van der Waals surface area contributed by atoms with Crippen LogP contribution in [0.1, 0.15) is 51.2 Å². The highest BCUT2D eigenvalue weighted by Gasteiger charge is 2.38. The first-order valence-corrected chi connectivity index (χ1v) is 7.72. The van der Waals surface area contributed by atoms with Gasteiger partial charge in [0.1, 0.15) is 13.2 Å². The van der Waals surface area contributed by atoms with Crippen LogP contribution in [0.3, 0.4) is 0 Å². The lowest BCUT2D eigenvalue weighted by Gasteiger charge is -2.12. The van der Waals surface area contributed by atoms with Gasteiger partial charge in [-0.05, 0) is 25.0 Å². The molecule has 0 spiro atoms. The summed E-state index contributed by atoms with van der Waals surface area (Å²) in [6, 6.07) is 6.23. The summed E-state index contributed by atoms with van der Waals surface area (Å²) in [5.41, 5.74) is 0.388. The summed E-state index contributed by atoms with van der Waals surface area (Å²) in [7, 11) is 0. The summed E-state index contributed by atoms with van der Waals surface area (Å²) in [4.78, 5) is 44.9. The van der Waals surface area contributed by atoms with E-state index in [1.807, 2.05) is 0 Å². The lowest BCUT2D eigenvalue weighted by Crippen LogP contribution is -2.34. The molecule has 1 fully saturated rings. The Balaban J connectivity index is 1.29. The fourth-order valence-electron chi connectivity index (χ4n) is 2.43. The lowest BCUT2D eigenvalue weighted by atomic mass is 10.1. The molecule has 0 atom stereocenters. The van der Waals surface area contributed by atoms with Gasteiger partial charge < -0.3 is 14.1 Å². The first kappa shape index (κ1) is 15.5. The minimum atomic E-state index is -0.878.